The summed E-state index contributed by atoms with van der Waals surface area (Å²) in [5.74, 6) is 0.855. The molecule has 2 atom stereocenters. The predicted octanol–water partition coefficient (Wildman–Crippen LogP) is 3.44. The van der Waals surface area contributed by atoms with Crippen LogP contribution in [0.3, 0.4) is 0 Å². The standard InChI is InChI=1S/C16H22O2/c1-3-10-16(11-5-4-9-15(16)17)13-7-6-8-14(12-13)18-2/h3,6-8,12,15,17H,1,4-5,9-11H2,2H3/t15-,16-/m1/s1. The Morgan fingerprint density at radius 3 is 3.00 bits per heavy atom. The Morgan fingerprint density at radius 2 is 2.33 bits per heavy atom. The lowest BCUT2D eigenvalue weighted by atomic mass is 9.65. The van der Waals surface area contributed by atoms with Crippen molar-refractivity contribution in [3.05, 3.63) is 42.5 Å². The van der Waals surface area contributed by atoms with E-state index >= 15 is 0 Å². The van der Waals surface area contributed by atoms with Crippen LogP contribution in [0.15, 0.2) is 36.9 Å². The fourth-order valence-corrected chi connectivity index (χ4v) is 3.10. The summed E-state index contributed by atoms with van der Waals surface area (Å²) in [6.45, 7) is 3.86. The molecular weight excluding hydrogens is 224 g/mol. The van der Waals surface area contributed by atoms with Gasteiger partial charge in [0.2, 0.25) is 0 Å². The lowest BCUT2D eigenvalue weighted by Gasteiger charge is -2.41. The fourth-order valence-electron chi connectivity index (χ4n) is 3.10. The van der Waals surface area contributed by atoms with E-state index in [-0.39, 0.29) is 11.5 Å². The van der Waals surface area contributed by atoms with Gasteiger partial charge < -0.3 is 9.84 Å². The molecule has 0 amide bonds. The minimum atomic E-state index is -0.281. The van der Waals surface area contributed by atoms with Crippen molar-refractivity contribution >= 4 is 0 Å². The van der Waals surface area contributed by atoms with Crippen LogP contribution in [0.5, 0.6) is 5.75 Å². The zero-order valence-electron chi connectivity index (χ0n) is 11.1. The van der Waals surface area contributed by atoms with Gasteiger partial charge in [-0.15, -0.1) is 6.58 Å². The maximum Gasteiger partial charge on any atom is 0.119 e. The first-order valence-corrected chi connectivity index (χ1v) is 6.66. The van der Waals surface area contributed by atoms with Crippen LogP contribution in [0.25, 0.3) is 0 Å². The predicted molar refractivity (Wildman–Crippen MR) is 74.0 cm³/mol. The molecule has 1 aliphatic carbocycles. The second-order valence-corrected chi connectivity index (χ2v) is 5.14. The van der Waals surface area contributed by atoms with Crippen LogP contribution in [0.2, 0.25) is 0 Å². The Hall–Kier alpha value is -1.28. The first-order valence-electron chi connectivity index (χ1n) is 6.66. The first kappa shape index (κ1) is 13.2. The molecule has 1 saturated carbocycles. The smallest absolute Gasteiger partial charge is 0.119 e. The molecule has 0 bridgehead atoms. The van der Waals surface area contributed by atoms with Gasteiger partial charge in [0, 0.05) is 5.41 Å². The number of allylic oxidation sites excluding steroid dienone is 1. The highest BCUT2D eigenvalue weighted by atomic mass is 16.5. The molecule has 1 N–H and O–H groups in total. The number of hydrogen-bond acceptors (Lipinski definition) is 2. The van der Waals surface area contributed by atoms with Gasteiger partial charge in [-0.3, -0.25) is 0 Å². The molecule has 0 heterocycles. The topological polar surface area (TPSA) is 29.5 Å². The van der Waals surface area contributed by atoms with Crippen LogP contribution in [0.1, 0.15) is 37.7 Å². The van der Waals surface area contributed by atoms with E-state index in [1.165, 1.54) is 12.0 Å². The van der Waals surface area contributed by atoms with Crippen LogP contribution >= 0.6 is 0 Å². The molecule has 0 saturated heterocycles. The van der Waals surface area contributed by atoms with E-state index in [2.05, 4.69) is 18.7 Å². The largest absolute Gasteiger partial charge is 0.497 e. The lowest BCUT2D eigenvalue weighted by Crippen LogP contribution is -2.41. The Kier molecular flexibility index (Phi) is 4.07. The Balaban J connectivity index is 2.41. The maximum absolute atomic E-state index is 10.5. The summed E-state index contributed by atoms with van der Waals surface area (Å²) in [6.07, 6.45) is 6.65. The van der Waals surface area contributed by atoms with E-state index in [4.69, 9.17) is 4.74 Å². The molecule has 1 aliphatic rings. The van der Waals surface area contributed by atoms with Crippen LogP contribution < -0.4 is 4.74 Å². The zero-order valence-corrected chi connectivity index (χ0v) is 11.1. The number of hydrogen-bond donors (Lipinski definition) is 1. The number of ether oxygens (including phenoxy) is 1. The second kappa shape index (κ2) is 5.57. The molecule has 2 rings (SSSR count). The molecule has 98 valence electrons. The van der Waals surface area contributed by atoms with E-state index in [9.17, 15) is 5.11 Å². The second-order valence-electron chi connectivity index (χ2n) is 5.14. The molecule has 0 aromatic heterocycles. The summed E-state index contributed by atoms with van der Waals surface area (Å²) in [6, 6.07) is 8.10. The molecule has 18 heavy (non-hydrogen) atoms. The molecule has 0 aliphatic heterocycles. The maximum atomic E-state index is 10.5. The van der Waals surface area contributed by atoms with Gasteiger partial charge in [-0.25, -0.2) is 0 Å². The van der Waals surface area contributed by atoms with Crippen molar-refractivity contribution in [3.8, 4) is 5.75 Å². The number of benzene rings is 1. The van der Waals surface area contributed by atoms with Gasteiger partial charge in [0.1, 0.15) is 5.75 Å². The minimum Gasteiger partial charge on any atom is -0.497 e. The number of aliphatic hydroxyl groups is 1. The molecule has 2 nitrogen and oxygen atoms in total. The van der Waals surface area contributed by atoms with Crippen molar-refractivity contribution in [1.29, 1.82) is 0 Å². The molecule has 2 heteroatoms. The zero-order chi connectivity index (χ0) is 13.0. The van der Waals surface area contributed by atoms with Gasteiger partial charge in [0.05, 0.1) is 13.2 Å². The highest BCUT2D eigenvalue weighted by molar-refractivity contribution is 5.36. The average Bonchev–Trinajstić information content (AvgIpc) is 2.42. The van der Waals surface area contributed by atoms with Gasteiger partial charge in [-0.2, -0.15) is 0 Å². The van der Waals surface area contributed by atoms with Gasteiger partial charge in [0.25, 0.3) is 0 Å². The van der Waals surface area contributed by atoms with Crippen molar-refractivity contribution in [1.82, 2.24) is 0 Å². The number of rotatable bonds is 4. The average molecular weight is 246 g/mol. The van der Waals surface area contributed by atoms with Crippen molar-refractivity contribution in [3.63, 3.8) is 0 Å². The van der Waals surface area contributed by atoms with Crippen LogP contribution in [-0.2, 0) is 5.41 Å². The fraction of sp³-hybridized carbons (Fsp3) is 0.500. The molecular formula is C16H22O2. The Morgan fingerprint density at radius 1 is 1.50 bits per heavy atom. The monoisotopic (exact) mass is 246 g/mol. The van der Waals surface area contributed by atoms with Crippen LogP contribution in [0.4, 0.5) is 0 Å². The third kappa shape index (κ3) is 2.30. The summed E-state index contributed by atoms with van der Waals surface area (Å²) in [4.78, 5) is 0. The van der Waals surface area contributed by atoms with Gasteiger partial charge in [-0.1, -0.05) is 31.1 Å². The molecule has 1 aromatic carbocycles. The first-order chi connectivity index (χ1) is 8.73. The summed E-state index contributed by atoms with van der Waals surface area (Å²) >= 11 is 0. The van der Waals surface area contributed by atoms with Gasteiger partial charge in [-0.05, 0) is 37.0 Å². The van der Waals surface area contributed by atoms with Crippen molar-refractivity contribution in [2.45, 2.75) is 43.6 Å². The Labute approximate surface area is 109 Å². The molecule has 0 spiro atoms. The third-order valence-corrected chi connectivity index (χ3v) is 4.14. The van der Waals surface area contributed by atoms with E-state index in [0.717, 1.165) is 31.4 Å². The van der Waals surface area contributed by atoms with Crippen molar-refractivity contribution in [2.24, 2.45) is 0 Å². The van der Waals surface area contributed by atoms with E-state index in [1.807, 2.05) is 18.2 Å². The molecule has 1 fully saturated rings. The summed E-state index contributed by atoms with van der Waals surface area (Å²) in [7, 11) is 1.68. The van der Waals surface area contributed by atoms with Gasteiger partial charge in [0.15, 0.2) is 0 Å². The van der Waals surface area contributed by atoms with Crippen molar-refractivity contribution in [2.75, 3.05) is 7.11 Å². The third-order valence-electron chi connectivity index (χ3n) is 4.14. The highest BCUT2D eigenvalue weighted by Crippen LogP contribution is 2.43. The van der Waals surface area contributed by atoms with Crippen molar-refractivity contribution < 1.29 is 9.84 Å². The summed E-state index contributed by atoms with van der Waals surface area (Å²) in [5.41, 5.74) is 1.00. The highest BCUT2D eigenvalue weighted by Gasteiger charge is 2.40. The Bertz CT molecular complexity index is 413. The minimum absolute atomic E-state index is 0.172. The van der Waals surface area contributed by atoms with E-state index in [1.54, 1.807) is 7.11 Å². The number of methoxy groups -OCH3 is 1. The van der Waals surface area contributed by atoms with E-state index < -0.39 is 0 Å². The van der Waals surface area contributed by atoms with E-state index in [0.29, 0.717) is 0 Å². The molecule has 1 aromatic rings. The normalized spacial score (nSPS) is 27.8. The number of aliphatic hydroxyl groups excluding tert-OH is 1. The van der Waals surface area contributed by atoms with Crippen LogP contribution in [0, 0.1) is 0 Å². The van der Waals surface area contributed by atoms with Crippen LogP contribution in [-0.4, -0.2) is 18.3 Å². The quantitative estimate of drug-likeness (QED) is 0.825. The summed E-state index contributed by atoms with van der Waals surface area (Å²) in [5, 5.41) is 10.5. The molecule has 0 unspecified atom stereocenters. The SMILES string of the molecule is C=CC[C@]1(c2cccc(OC)c2)CCCC[C@H]1O. The lowest BCUT2D eigenvalue weighted by molar-refractivity contribution is 0.0429. The summed E-state index contributed by atoms with van der Waals surface area (Å²) < 4.78 is 5.30. The molecule has 0 radical (unpaired) electrons. The van der Waals surface area contributed by atoms with Gasteiger partial charge >= 0.3 is 0 Å².